The first-order valence-electron chi connectivity index (χ1n) is 7.83. The molecule has 1 aliphatic rings. The number of phenolic OH excluding ortho intramolecular Hbond substituents is 1. The number of benzene rings is 2. The average molecular weight is 343 g/mol. The summed E-state index contributed by atoms with van der Waals surface area (Å²) in [5, 5.41) is 26.8. The van der Waals surface area contributed by atoms with Crippen molar-refractivity contribution < 1.29 is 23.8 Å². The van der Waals surface area contributed by atoms with Crippen LogP contribution in [0.3, 0.4) is 0 Å². The first-order chi connectivity index (χ1) is 11.9. The van der Waals surface area contributed by atoms with Gasteiger partial charge in [-0.2, -0.15) is 0 Å². The van der Waals surface area contributed by atoms with Crippen LogP contribution in [0.25, 0.3) is 11.1 Å². The molecule has 0 aromatic heterocycles. The van der Waals surface area contributed by atoms with Crippen LogP contribution < -0.4 is 0 Å². The summed E-state index contributed by atoms with van der Waals surface area (Å²) < 4.78 is 25.9. The molecule has 0 saturated carbocycles. The van der Waals surface area contributed by atoms with Gasteiger partial charge in [0.2, 0.25) is 0 Å². The van der Waals surface area contributed by atoms with Crippen molar-refractivity contribution in [1.82, 2.24) is 0 Å². The number of aromatic carboxylic acids is 1. The van der Waals surface area contributed by atoms with E-state index in [4.69, 9.17) is 10.4 Å². The van der Waals surface area contributed by atoms with Gasteiger partial charge in [0.05, 0.1) is 5.56 Å². The summed E-state index contributed by atoms with van der Waals surface area (Å²) in [6, 6.07) is 6.69. The van der Waals surface area contributed by atoms with Crippen LogP contribution in [-0.2, 0) is 0 Å². The Bertz CT molecular complexity index is 814. The molecule has 7 heteroatoms. The fourth-order valence-electron chi connectivity index (χ4n) is 2.62. The van der Waals surface area contributed by atoms with Crippen molar-refractivity contribution in [3.8, 4) is 22.8 Å². The van der Waals surface area contributed by atoms with Gasteiger partial charge in [-0.05, 0) is 35.9 Å². The second-order valence-corrected chi connectivity index (χ2v) is 5.78. The highest BCUT2D eigenvalue weighted by Crippen LogP contribution is 2.30. The first kappa shape index (κ1) is 18.5. The summed E-state index contributed by atoms with van der Waals surface area (Å²) >= 11 is 0. The predicted octanol–water partition coefficient (Wildman–Crippen LogP) is 4.37. The second-order valence-electron chi connectivity index (χ2n) is 5.78. The maximum atomic E-state index is 13.1. The minimum Gasteiger partial charge on any atom is -0.507 e. The van der Waals surface area contributed by atoms with E-state index in [2.05, 4.69) is 5.97 Å². The molecular weight excluding hydrogens is 327 g/mol. The molecule has 1 heterocycles. The van der Waals surface area contributed by atoms with E-state index in [9.17, 15) is 18.7 Å². The summed E-state index contributed by atoms with van der Waals surface area (Å²) in [7, 11) is 0. The smallest absolute Gasteiger partial charge is 0.335 e. The molecule has 0 aliphatic carbocycles. The minimum atomic E-state index is -1.17. The summed E-state index contributed by atoms with van der Waals surface area (Å²) in [6.45, 7) is 0.403. The van der Waals surface area contributed by atoms with Crippen molar-refractivity contribution in [2.45, 2.75) is 25.5 Å². The third-order valence-corrected chi connectivity index (χ3v) is 4.01. The zero-order valence-electron chi connectivity index (χ0n) is 13.4. The van der Waals surface area contributed by atoms with E-state index in [1.807, 2.05) is 0 Å². The van der Waals surface area contributed by atoms with Crippen LogP contribution in [0.15, 0.2) is 36.4 Å². The normalized spacial score (nSPS) is 12.9. The number of rotatable bonds is 2. The average Bonchev–Trinajstić information content (AvgIpc) is 3.12. The monoisotopic (exact) mass is 343 g/mol. The van der Waals surface area contributed by atoms with Crippen LogP contribution in [-0.4, -0.2) is 22.9 Å². The SMILES string of the molecule is N#CB1CCCC1.O=C(O)c1ccc(O)c(-c2ccc(F)c(F)c2)c1. The van der Waals surface area contributed by atoms with Crippen LogP contribution in [0.2, 0.25) is 12.6 Å². The van der Waals surface area contributed by atoms with E-state index in [0.717, 1.165) is 24.8 Å². The Hall–Kier alpha value is -2.88. The summed E-state index contributed by atoms with van der Waals surface area (Å²) in [5.41, 5.74) is 0.288. The molecule has 1 fully saturated rings. The highest BCUT2D eigenvalue weighted by Gasteiger charge is 2.18. The van der Waals surface area contributed by atoms with Crippen LogP contribution >= 0.6 is 0 Å². The van der Waals surface area contributed by atoms with Gasteiger partial charge < -0.3 is 10.2 Å². The zero-order valence-corrected chi connectivity index (χ0v) is 13.4. The number of carboxylic acids is 1. The predicted molar refractivity (Wildman–Crippen MR) is 90.6 cm³/mol. The van der Waals surface area contributed by atoms with Gasteiger partial charge in [0.1, 0.15) is 5.75 Å². The molecule has 1 aliphatic heterocycles. The number of nitriles is 1. The quantitative estimate of drug-likeness (QED) is 0.793. The van der Waals surface area contributed by atoms with E-state index in [0.29, 0.717) is 6.71 Å². The molecule has 0 atom stereocenters. The van der Waals surface area contributed by atoms with Gasteiger partial charge in [0.15, 0.2) is 11.6 Å². The fraction of sp³-hybridized carbons (Fsp3) is 0.222. The summed E-state index contributed by atoms with van der Waals surface area (Å²) in [4.78, 5) is 10.8. The Kier molecular flexibility index (Phi) is 6.12. The lowest BCUT2D eigenvalue weighted by atomic mass is 9.50. The highest BCUT2D eigenvalue weighted by atomic mass is 19.2. The molecule has 128 valence electrons. The van der Waals surface area contributed by atoms with E-state index < -0.39 is 17.6 Å². The fourth-order valence-corrected chi connectivity index (χ4v) is 2.62. The van der Waals surface area contributed by atoms with Crippen LogP contribution in [0, 0.1) is 22.9 Å². The molecule has 0 bridgehead atoms. The van der Waals surface area contributed by atoms with E-state index in [-0.39, 0.29) is 22.4 Å². The molecule has 0 radical (unpaired) electrons. The number of hydrogen-bond donors (Lipinski definition) is 2. The zero-order chi connectivity index (χ0) is 18.4. The third-order valence-electron chi connectivity index (χ3n) is 4.01. The largest absolute Gasteiger partial charge is 0.507 e. The van der Waals surface area contributed by atoms with Crippen molar-refractivity contribution in [2.75, 3.05) is 0 Å². The summed E-state index contributed by atoms with van der Waals surface area (Å²) in [6.07, 6.45) is 4.85. The topological polar surface area (TPSA) is 81.3 Å². The molecule has 2 aromatic carbocycles. The van der Waals surface area contributed by atoms with Crippen molar-refractivity contribution >= 4 is 12.7 Å². The van der Waals surface area contributed by atoms with Gasteiger partial charge >= 0.3 is 5.97 Å². The molecule has 2 aromatic rings. The Morgan fingerprint density at radius 2 is 1.76 bits per heavy atom. The first-order valence-corrected chi connectivity index (χ1v) is 7.83. The minimum absolute atomic E-state index is 0.0486. The molecule has 0 amide bonds. The molecule has 4 nitrogen and oxygen atoms in total. The molecule has 25 heavy (non-hydrogen) atoms. The lowest BCUT2D eigenvalue weighted by Gasteiger charge is -2.06. The number of aromatic hydroxyl groups is 1. The van der Waals surface area contributed by atoms with Gasteiger partial charge in [0, 0.05) is 11.5 Å². The Labute approximate surface area is 144 Å². The molecule has 0 spiro atoms. The Morgan fingerprint density at radius 3 is 2.28 bits per heavy atom. The third kappa shape index (κ3) is 4.80. The molecule has 2 N–H and O–H groups in total. The van der Waals surface area contributed by atoms with Crippen molar-refractivity contribution in [3.05, 3.63) is 53.6 Å². The Balaban J connectivity index is 0.000000269. The van der Waals surface area contributed by atoms with Gasteiger partial charge in [-0.15, -0.1) is 0 Å². The van der Waals surface area contributed by atoms with Crippen molar-refractivity contribution in [1.29, 1.82) is 5.26 Å². The molecular formula is C18H16BF2NO3. The van der Waals surface area contributed by atoms with Crippen molar-refractivity contribution in [3.63, 3.8) is 0 Å². The molecule has 3 rings (SSSR count). The number of halogens is 2. The van der Waals surface area contributed by atoms with Gasteiger partial charge in [-0.25, -0.2) is 18.8 Å². The molecule has 1 saturated heterocycles. The lowest BCUT2D eigenvalue weighted by molar-refractivity contribution is 0.0697. The highest BCUT2D eigenvalue weighted by molar-refractivity contribution is 6.67. The van der Waals surface area contributed by atoms with Gasteiger partial charge in [-0.1, -0.05) is 31.5 Å². The second kappa shape index (κ2) is 8.29. The van der Waals surface area contributed by atoms with E-state index >= 15 is 0 Å². The van der Waals surface area contributed by atoms with Crippen LogP contribution in [0.4, 0.5) is 8.78 Å². The Morgan fingerprint density at radius 1 is 1.08 bits per heavy atom. The standard InChI is InChI=1S/C13H8F2O3.C5H8BN/c14-10-3-1-7(6-11(10)15)9-5-8(13(17)18)2-4-12(9)16;7-5-6-3-1-2-4-6/h1-6,16H,(H,17,18);1-4H2. The van der Waals surface area contributed by atoms with Crippen LogP contribution in [0.1, 0.15) is 23.2 Å². The molecule has 0 unspecified atom stereocenters. The number of carbonyl (C=O) groups is 1. The van der Waals surface area contributed by atoms with Crippen LogP contribution in [0.5, 0.6) is 5.75 Å². The lowest BCUT2D eigenvalue weighted by Crippen LogP contribution is -1.99. The number of phenols is 1. The van der Waals surface area contributed by atoms with E-state index in [1.54, 1.807) is 0 Å². The number of nitrogens with zero attached hydrogens (tertiary/aromatic N) is 1. The summed E-state index contributed by atoms with van der Waals surface area (Å²) in [5.74, 6) is -1.18. The maximum absolute atomic E-state index is 13.1. The number of carboxylic acid groups (broad SMARTS) is 1. The van der Waals surface area contributed by atoms with E-state index in [1.165, 1.54) is 37.1 Å². The van der Waals surface area contributed by atoms with Gasteiger partial charge in [0.25, 0.3) is 6.71 Å². The number of hydrogen-bond acceptors (Lipinski definition) is 3. The maximum Gasteiger partial charge on any atom is 0.335 e. The van der Waals surface area contributed by atoms with Gasteiger partial charge in [-0.3, -0.25) is 0 Å². The van der Waals surface area contributed by atoms with Crippen molar-refractivity contribution in [2.24, 2.45) is 0 Å².